The number of likely N-dealkylation sites (tertiary alicyclic amines) is 1. The lowest BCUT2D eigenvalue weighted by molar-refractivity contribution is -0.139. The Balaban J connectivity index is 1.11. The Hall–Kier alpha value is -1.36. The lowest BCUT2D eigenvalue weighted by Crippen LogP contribution is -2.54. The van der Waals surface area contributed by atoms with Crippen molar-refractivity contribution in [3.63, 3.8) is 0 Å². The van der Waals surface area contributed by atoms with E-state index in [4.69, 9.17) is 4.98 Å². The highest BCUT2D eigenvalue weighted by Crippen LogP contribution is 2.65. The van der Waals surface area contributed by atoms with Crippen molar-refractivity contribution < 1.29 is 4.79 Å². The summed E-state index contributed by atoms with van der Waals surface area (Å²) < 4.78 is 0.339. The molecule has 29 heavy (non-hydrogen) atoms. The van der Waals surface area contributed by atoms with Crippen molar-refractivity contribution >= 4 is 32.9 Å². The number of imidazole rings is 1. The van der Waals surface area contributed by atoms with Crippen LogP contribution in [0.4, 0.5) is 0 Å². The predicted octanol–water partition coefficient (Wildman–Crippen LogP) is 5.39. The van der Waals surface area contributed by atoms with Gasteiger partial charge < -0.3 is 9.88 Å². The normalized spacial score (nSPS) is 36.8. The summed E-state index contributed by atoms with van der Waals surface area (Å²) >= 11 is 4.09. The van der Waals surface area contributed by atoms with E-state index in [0.717, 1.165) is 61.0 Å². The smallest absolute Gasteiger partial charge is 0.223 e. The molecule has 1 aliphatic heterocycles. The lowest BCUT2D eigenvalue weighted by atomic mass is 9.48. The van der Waals surface area contributed by atoms with Crippen molar-refractivity contribution in [3.05, 3.63) is 30.1 Å². The van der Waals surface area contributed by atoms with Crippen LogP contribution in [0.15, 0.2) is 24.3 Å². The molecule has 1 saturated heterocycles. The Bertz CT molecular complexity index is 898. The lowest BCUT2D eigenvalue weighted by Gasteiger charge is -2.60. The molecule has 5 heteroatoms. The number of carbonyl (C=O) groups is 1. The van der Waals surface area contributed by atoms with Crippen LogP contribution in [0, 0.1) is 17.3 Å². The zero-order valence-corrected chi connectivity index (χ0v) is 18.6. The first-order valence-electron chi connectivity index (χ1n) is 11.4. The first-order chi connectivity index (χ1) is 14.0. The highest BCUT2D eigenvalue weighted by atomic mass is 79.9. The van der Waals surface area contributed by atoms with E-state index in [9.17, 15) is 4.79 Å². The molecule has 7 rings (SSSR count). The van der Waals surface area contributed by atoms with Crippen LogP contribution in [0.25, 0.3) is 11.0 Å². The maximum Gasteiger partial charge on any atom is 0.223 e. The molecule has 4 aliphatic carbocycles. The minimum atomic E-state index is 0.278. The number of halogens is 1. The number of nitrogens with one attached hydrogen (secondary N) is 1. The van der Waals surface area contributed by atoms with Gasteiger partial charge in [-0.2, -0.15) is 0 Å². The molecule has 2 atom stereocenters. The van der Waals surface area contributed by atoms with Crippen LogP contribution >= 0.6 is 15.9 Å². The van der Waals surface area contributed by atoms with E-state index in [-0.39, 0.29) is 5.41 Å². The van der Waals surface area contributed by atoms with Gasteiger partial charge in [-0.3, -0.25) is 4.79 Å². The minimum Gasteiger partial charge on any atom is -0.343 e. The largest absolute Gasteiger partial charge is 0.343 e. The standard InChI is InChI=1S/C24H30BrN3O/c25-24-12-16-9-17(13-24)11-23(10-16,15-24)14-21(29)28-7-5-18(6-8-28)22-26-19-3-1-2-4-20(19)27-22/h1-4,16-18H,5-15H2,(H,26,27). The van der Waals surface area contributed by atoms with Gasteiger partial charge in [0, 0.05) is 29.8 Å². The van der Waals surface area contributed by atoms with E-state index >= 15 is 0 Å². The number of hydrogen-bond acceptors (Lipinski definition) is 2. The molecule has 2 aromatic rings. The summed E-state index contributed by atoms with van der Waals surface area (Å²) in [5.74, 6) is 3.65. The van der Waals surface area contributed by atoms with Crippen molar-refractivity contribution in [1.29, 1.82) is 0 Å². The van der Waals surface area contributed by atoms with Gasteiger partial charge in [-0.05, 0) is 80.8 Å². The molecular weight excluding hydrogens is 426 g/mol. The van der Waals surface area contributed by atoms with Crippen molar-refractivity contribution in [3.8, 4) is 0 Å². The third kappa shape index (κ3) is 3.24. The fourth-order valence-corrected chi connectivity index (χ4v) is 9.05. The zero-order chi connectivity index (χ0) is 19.6. The number of aromatic nitrogens is 2. The number of piperidine rings is 1. The molecule has 1 amide bonds. The second-order valence-electron chi connectivity index (χ2n) is 10.6. The number of carbonyl (C=O) groups excluding carboxylic acids is 1. The maximum absolute atomic E-state index is 13.3. The number of nitrogens with zero attached hydrogens (tertiary/aromatic N) is 2. The Kier molecular flexibility index (Phi) is 4.17. The van der Waals surface area contributed by atoms with Crippen molar-refractivity contribution in [2.45, 2.75) is 68.0 Å². The molecule has 4 nitrogen and oxygen atoms in total. The number of H-pyrrole nitrogens is 1. The van der Waals surface area contributed by atoms with Crippen LogP contribution < -0.4 is 0 Å². The number of alkyl halides is 1. The van der Waals surface area contributed by atoms with E-state index in [1.165, 1.54) is 38.5 Å². The highest BCUT2D eigenvalue weighted by molar-refractivity contribution is 9.10. The average molecular weight is 456 g/mol. The second-order valence-corrected chi connectivity index (χ2v) is 12.3. The summed E-state index contributed by atoms with van der Waals surface area (Å²) in [7, 11) is 0. The quantitative estimate of drug-likeness (QED) is 0.630. The maximum atomic E-state index is 13.3. The topological polar surface area (TPSA) is 49.0 Å². The molecule has 1 aromatic carbocycles. The predicted molar refractivity (Wildman–Crippen MR) is 118 cm³/mol. The molecule has 4 saturated carbocycles. The van der Waals surface area contributed by atoms with Gasteiger partial charge in [-0.15, -0.1) is 0 Å². The molecule has 1 aromatic heterocycles. The van der Waals surface area contributed by atoms with Gasteiger partial charge in [-0.25, -0.2) is 4.98 Å². The number of rotatable bonds is 3. The van der Waals surface area contributed by atoms with Crippen LogP contribution in [0.5, 0.6) is 0 Å². The summed E-state index contributed by atoms with van der Waals surface area (Å²) in [5, 5.41) is 0. The van der Waals surface area contributed by atoms with Crippen LogP contribution in [0.2, 0.25) is 0 Å². The number of fused-ring (bicyclic) bond motifs is 1. The first-order valence-corrected chi connectivity index (χ1v) is 12.2. The SMILES string of the molecule is O=C(CC12CC3CC(CC(Br)(C3)C1)C2)N1CCC(c2nc3ccccc3[nH]2)CC1. The molecule has 0 spiro atoms. The molecule has 4 bridgehead atoms. The average Bonchev–Trinajstić information content (AvgIpc) is 3.10. The summed E-state index contributed by atoms with van der Waals surface area (Å²) in [4.78, 5) is 23.7. The van der Waals surface area contributed by atoms with Crippen LogP contribution in [-0.4, -0.2) is 38.2 Å². The van der Waals surface area contributed by atoms with Gasteiger partial charge in [0.1, 0.15) is 5.82 Å². The summed E-state index contributed by atoms with van der Waals surface area (Å²) in [6, 6.07) is 8.24. The van der Waals surface area contributed by atoms with Crippen LogP contribution in [0.1, 0.15) is 69.5 Å². The van der Waals surface area contributed by atoms with Crippen LogP contribution in [0.3, 0.4) is 0 Å². The Morgan fingerprint density at radius 1 is 1.14 bits per heavy atom. The molecule has 1 N–H and O–H groups in total. The number of amides is 1. The number of benzene rings is 1. The first kappa shape index (κ1) is 18.4. The Morgan fingerprint density at radius 2 is 1.86 bits per heavy atom. The molecule has 2 heterocycles. The van der Waals surface area contributed by atoms with E-state index in [0.29, 0.717) is 16.1 Å². The van der Waals surface area contributed by atoms with E-state index in [1.54, 1.807) is 0 Å². The number of aromatic amines is 1. The van der Waals surface area contributed by atoms with E-state index < -0.39 is 0 Å². The van der Waals surface area contributed by atoms with E-state index in [1.807, 2.05) is 12.1 Å². The van der Waals surface area contributed by atoms with Crippen molar-refractivity contribution in [2.75, 3.05) is 13.1 Å². The molecule has 5 aliphatic rings. The molecule has 5 fully saturated rings. The Labute approximate surface area is 181 Å². The molecule has 154 valence electrons. The van der Waals surface area contributed by atoms with Gasteiger partial charge in [0.15, 0.2) is 0 Å². The zero-order valence-electron chi connectivity index (χ0n) is 17.0. The van der Waals surface area contributed by atoms with Gasteiger partial charge in [0.2, 0.25) is 5.91 Å². The van der Waals surface area contributed by atoms with E-state index in [2.05, 4.69) is 37.9 Å². The van der Waals surface area contributed by atoms with Gasteiger partial charge >= 0.3 is 0 Å². The third-order valence-electron chi connectivity index (χ3n) is 8.28. The minimum absolute atomic E-state index is 0.278. The number of para-hydroxylation sites is 2. The molecule has 2 unspecified atom stereocenters. The summed E-state index contributed by atoms with van der Waals surface area (Å²) in [6.07, 6.45) is 10.7. The van der Waals surface area contributed by atoms with Gasteiger partial charge in [0.05, 0.1) is 11.0 Å². The van der Waals surface area contributed by atoms with Crippen molar-refractivity contribution in [1.82, 2.24) is 14.9 Å². The second kappa shape index (κ2) is 6.57. The van der Waals surface area contributed by atoms with Gasteiger partial charge in [0.25, 0.3) is 0 Å². The molecular formula is C24H30BrN3O. The monoisotopic (exact) mass is 455 g/mol. The van der Waals surface area contributed by atoms with Gasteiger partial charge in [-0.1, -0.05) is 28.1 Å². The van der Waals surface area contributed by atoms with Crippen molar-refractivity contribution in [2.24, 2.45) is 17.3 Å². The number of hydrogen-bond donors (Lipinski definition) is 1. The third-order valence-corrected chi connectivity index (χ3v) is 9.21. The fraction of sp³-hybridized carbons (Fsp3) is 0.667. The summed E-state index contributed by atoms with van der Waals surface area (Å²) in [5.41, 5.74) is 2.44. The van der Waals surface area contributed by atoms with Crippen LogP contribution in [-0.2, 0) is 4.79 Å². The summed E-state index contributed by atoms with van der Waals surface area (Å²) in [6.45, 7) is 1.76. The Morgan fingerprint density at radius 3 is 2.55 bits per heavy atom. The highest BCUT2D eigenvalue weighted by Gasteiger charge is 2.57. The fourth-order valence-electron chi connectivity index (χ4n) is 7.54. The molecule has 0 radical (unpaired) electrons.